The largest absolute Gasteiger partial charge is 0.481 e. The average molecular weight is 309 g/mol. The highest BCUT2D eigenvalue weighted by molar-refractivity contribution is 7.99. The van der Waals surface area contributed by atoms with Crippen molar-refractivity contribution < 1.29 is 19.4 Å². The van der Waals surface area contributed by atoms with Gasteiger partial charge in [0.2, 0.25) is 0 Å². The maximum atomic E-state index is 11.9. The van der Waals surface area contributed by atoms with Crippen LogP contribution in [0.25, 0.3) is 0 Å². The zero-order valence-electron chi connectivity index (χ0n) is 11.7. The molecule has 2 rings (SSSR count). The van der Waals surface area contributed by atoms with Crippen LogP contribution in [0.2, 0.25) is 0 Å². The van der Waals surface area contributed by atoms with Crippen LogP contribution in [-0.4, -0.2) is 46.7 Å². The summed E-state index contributed by atoms with van der Waals surface area (Å²) in [6.07, 6.45) is 0.622. The third kappa shape index (κ3) is 5.30. The highest BCUT2D eigenvalue weighted by Crippen LogP contribution is 2.21. The quantitative estimate of drug-likeness (QED) is 0.874. The number of rotatable bonds is 6. The summed E-state index contributed by atoms with van der Waals surface area (Å²) in [6.45, 7) is 1.63. The third-order valence-corrected chi connectivity index (χ3v) is 4.49. The van der Waals surface area contributed by atoms with Crippen molar-refractivity contribution in [1.82, 2.24) is 4.90 Å². The van der Waals surface area contributed by atoms with E-state index in [4.69, 9.17) is 9.84 Å². The Bertz CT molecular complexity index is 480. The van der Waals surface area contributed by atoms with Crippen LogP contribution in [0.3, 0.4) is 0 Å². The molecule has 1 aliphatic rings. The second-order valence-electron chi connectivity index (χ2n) is 5.05. The summed E-state index contributed by atoms with van der Waals surface area (Å²) in [7, 11) is 0. The molecule has 0 bridgehead atoms. The van der Waals surface area contributed by atoms with Crippen LogP contribution in [0.15, 0.2) is 30.3 Å². The van der Waals surface area contributed by atoms with Crippen LogP contribution >= 0.6 is 11.8 Å². The molecular formula is C15H19NO4S. The number of hydrogen-bond acceptors (Lipinski definition) is 4. The molecule has 1 fully saturated rings. The molecule has 1 atom stereocenters. The number of amides is 1. The minimum absolute atomic E-state index is 0.120. The summed E-state index contributed by atoms with van der Waals surface area (Å²) < 4.78 is 5.29. The van der Waals surface area contributed by atoms with Gasteiger partial charge in [0.25, 0.3) is 0 Å². The molecule has 1 aromatic carbocycles. The highest BCUT2D eigenvalue weighted by atomic mass is 32.2. The summed E-state index contributed by atoms with van der Waals surface area (Å²) in [5.74, 6) is 0.458. The van der Waals surface area contributed by atoms with E-state index in [2.05, 4.69) is 0 Å². The molecule has 1 aliphatic heterocycles. The average Bonchev–Trinajstić information content (AvgIpc) is 2.94. The second-order valence-corrected chi connectivity index (χ2v) is 6.08. The molecule has 1 aromatic rings. The fourth-order valence-corrected chi connectivity index (χ4v) is 3.16. The number of likely N-dealkylation sites (tertiary alicyclic amines) is 1. The first-order valence-corrected chi connectivity index (χ1v) is 8.06. The van der Waals surface area contributed by atoms with E-state index < -0.39 is 5.97 Å². The first kappa shape index (κ1) is 15.7. The topological polar surface area (TPSA) is 66.8 Å². The lowest BCUT2D eigenvalue weighted by Crippen LogP contribution is -2.29. The first-order chi connectivity index (χ1) is 10.1. The van der Waals surface area contributed by atoms with Crippen molar-refractivity contribution in [2.45, 2.75) is 13.0 Å². The van der Waals surface area contributed by atoms with Gasteiger partial charge < -0.3 is 14.7 Å². The monoisotopic (exact) mass is 309 g/mol. The third-order valence-electron chi connectivity index (χ3n) is 3.33. The lowest BCUT2D eigenvalue weighted by molar-refractivity contribution is -0.133. The van der Waals surface area contributed by atoms with Gasteiger partial charge in [0.05, 0.1) is 5.75 Å². The van der Waals surface area contributed by atoms with Crippen molar-refractivity contribution >= 4 is 23.8 Å². The Kier molecular flexibility index (Phi) is 5.92. The number of hydrogen-bond donors (Lipinski definition) is 1. The van der Waals surface area contributed by atoms with E-state index in [1.807, 2.05) is 30.3 Å². The van der Waals surface area contributed by atoms with Gasteiger partial charge in [-0.1, -0.05) is 30.3 Å². The first-order valence-electron chi connectivity index (χ1n) is 6.90. The van der Waals surface area contributed by atoms with Crippen molar-refractivity contribution in [2.24, 2.45) is 5.92 Å². The van der Waals surface area contributed by atoms with Crippen LogP contribution in [0.5, 0.6) is 0 Å². The molecule has 1 amide bonds. The van der Waals surface area contributed by atoms with Crippen molar-refractivity contribution in [3.63, 3.8) is 0 Å². The maximum absolute atomic E-state index is 11.9. The number of nitrogens with zero attached hydrogens (tertiary/aromatic N) is 1. The van der Waals surface area contributed by atoms with Gasteiger partial charge in [0, 0.05) is 13.1 Å². The van der Waals surface area contributed by atoms with Crippen molar-refractivity contribution in [1.29, 1.82) is 0 Å². The van der Waals surface area contributed by atoms with Crippen LogP contribution in [0.4, 0.5) is 4.79 Å². The van der Waals surface area contributed by atoms with Gasteiger partial charge in [-0.3, -0.25) is 4.79 Å². The molecule has 0 radical (unpaired) electrons. The normalized spacial score (nSPS) is 17.7. The molecule has 114 valence electrons. The van der Waals surface area contributed by atoms with Crippen LogP contribution in [-0.2, 0) is 16.1 Å². The molecule has 21 heavy (non-hydrogen) atoms. The van der Waals surface area contributed by atoms with Gasteiger partial charge in [-0.25, -0.2) is 4.79 Å². The fourth-order valence-electron chi connectivity index (χ4n) is 2.26. The highest BCUT2D eigenvalue weighted by Gasteiger charge is 2.27. The van der Waals surface area contributed by atoms with Crippen molar-refractivity contribution in [3.05, 3.63) is 35.9 Å². The van der Waals surface area contributed by atoms with E-state index in [1.54, 1.807) is 4.90 Å². The number of aliphatic carboxylic acids is 1. The van der Waals surface area contributed by atoms with Crippen LogP contribution in [0, 0.1) is 5.92 Å². The minimum Gasteiger partial charge on any atom is -0.481 e. The Morgan fingerprint density at radius 2 is 2.10 bits per heavy atom. The molecule has 1 N–H and O–H groups in total. The Balaban J connectivity index is 1.68. The van der Waals surface area contributed by atoms with Gasteiger partial charge >= 0.3 is 12.1 Å². The summed E-state index contributed by atoms with van der Waals surface area (Å²) in [5, 5.41) is 8.60. The lowest BCUT2D eigenvalue weighted by atomic mass is 10.2. The van der Waals surface area contributed by atoms with Gasteiger partial charge in [-0.2, -0.15) is 0 Å². The number of carbonyl (C=O) groups excluding carboxylic acids is 1. The molecule has 0 spiro atoms. The van der Waals surface area contributed by atoms with E-state index in [-0.39, 0.29) is 18.5 Å². The van der Waals surface area contributed by atoms with E-state index in [1.165, 1.54) is 11.8 Å². The van der Waals surface area contributed by atoms with Gasteiger partial charge in [0.1, 0.15) is 6.61 Å². The standard InChI is InChI=1S/C15H19NO4S/c17-14(18)11-21-10-13-6-7-16(8-13)15(19)20-9-12-4-2-1-3-5-12/h1-5,13H,6-11H2,(H,17,18). The molecule has 5 nitrogen and oxygen atoms in total. The molecule has 0 aromatic heterocycles. The molecule has 1 unspecified atom stereocenters. The Hall–Kier alpha value is -1.69. The number of benzene rings is 1. The van der Waals surface area contributed by atoms with E-state index in [0.29, 0.717) is 19.0 Å². The smallest absolute Gasteiger partial charge is 0.410 e. The predicted octanol–water partition coefficient (Wildman–Crippen LogP) is 2.46. The maximum Gasteiger partial charge on any atom is 0.410 e. The van der Waals surface area contributed by atoms with Gasteiger partial charge in [-0.15, -0.1) is 11.8 Å². The van der Waals surface area contributed by atoms with Gasteiger partial charge in [-0.05, 0) is 23.7 Å². The Morgan fingerprint density at radius 3 is 2.81 bits per heavy atom. The van der Waals surface area contributed by atoms with Gasteiger partial charge in [0.15, 0.2) is 0 Å². The number of carboxylic acid groups (broad SMARTS) is 1. The Morgan fingerprint density at radius 1 is 1.33 bits per heavy atom. The summed E-state index contributed by atoms with van der Waals surface area (Å²) in [6, 6.07) is 9.58. The molecule has 1 heterocycles. The second kappa shape index (κ2) is 7.93. The fraction of sp³-hybridized carbons (Fsp3) is 0.467. The zero-order chi connectivity index (χ0) is 15.1. The number of thioether (sulfide) groups is 1. The predicted molar refractivity (Wildman–Crippen MR) is 81.3 cm³/mol. The van der Waals surface area contributed by atoms with Crippen molar-refractivity contribution in [3.8, 4) is 0 Å². The molecule has 0 aliphatic carbocycles. The number of carboxylic acids is 1. The molecular weight excluding hydrogens is 290 g/mol. The lowest BCUT2D eigenvalue weighted by Gasteiger charge is -2.16. The SMILES string of the molecule is O=C(O)CSCC1CCN(C(=O)OCc2ccccc2)C1. The van der Waals surface area contributed by atoms with Crippen LogP contribution < -0.4 is 0 Å². The Labute approximate surface area is 128 Å². The summed E-state index contributed by atoms with van der Waals surface area (Å²) in [4.78, 5) is 24.1. The van der Waals surface area contributed by atoms with Crippen LogP contribution in [0.1, 0.15) is 12.0 Å². The van der Waals surface area contributed by atoms with E-state index >= 15 is 0 Å². The molecule has 0 saturated carbocycles. The molecule has 6 heteroatoms. The van der Waals surface area contributed by atoms with Crippen molar-refractivity contribution in [2.75, 3.05) is 24.6 Å². The molecule has 1 saturated heterocycles. The number of carbonyl (C=O) groups is 2. The number of ether oxygens (including phenoxy) is 1. The van der Waals surface area contributed by atoms with E-state index in [9.17, 15) is 9.59 Å². The van der Waals surface area contributed by atoms with E-state index in [0.717, 1.165) is 17.7 Å². The summed E-state index contributed by atoms with van der Waals surface area (Å²) in [5.41, 5.74) is 0.971. The minimum atomic E-state index is -0.794. The zero-order valence-corrected chi connectivity index (χ0v) is 12.6. The summed E-state index contributed by atoms with van der Waals surface area (Å²) >= 11 is 1.40.